The fraction of sp³-hybridized carbons (Fsp3) is 0.750. The van der Waals surface area contributed by atoms with Crippen LogP contribution in [-0.2, 0) is 19.1 Å². The standard InChI is InChI=1S/C20H24O4/c1-2-20(7-3-4-8-20)24-19(23)13-9-12-14-10-5-6-11(17(10)21)15(14)16(13)18(12)22/h5-6,10-16H,2-4,7-9H2,1H3. The molecule has 5 aliphatic rings. The fourth-order valence-corrected chi connectivity index (χ4v) is 6.61. The van der Waals surface area contributed by atoms with Crippen LogP contribution in [0.5, 0.6) is 0 Å². The lowest BCUT2D eigenvalue weighted by Crippen LogP contribution is -2.40. The maximum Gasteiger partial charge on any atom is 0.310 e. The minimum absolute atomic E-state index is 0.0623. The predicted molar refractivity (Wildman–Crippen MR) is 85.8 cm³/mol. The van der Waals surface area contributed by atoms with Crippen LogP contribution in [0.1, 0.15) is 45.4 Å². The van der Waals surface area contributed by atoms with Crippen LogP contribution < -0.4 is 0 Å². The van der Waals surface area contributed by atoms with Gasteiger partial charge in [-0.1, -0.05) is 19.1 Å². The first-order chi connectivity index (χ1) is 11.6. The van der Waals surface area contributed by atoms with E-state index in [1.807, 2.05) is 12.2 Å². The van der Waals surface area contributed by atoms with Crippen molar-refractivity contribution in [2.45, 2.75) is 51.0 Å². The van der Waals surface area contributed by atoms with E-state index in [9.17, 15) is 14.4 Å². The molecule has 4 bridgehead atoms. The van der Waals surface area contributed by atoms with Crippen molar-refractivity contribution in [2.24, 2.45) is 41.4 Å². The Hall–Kier alpha value is -1.45. The topological polar surface area (TPSA) is 60.4 Å². The number of esters is 1. The Bertz CT molecular complexity index is 657. The van der Waals surface area contributed by atoms with Crippen LogP contribution >= 0.6 is 0 Å². The van der Waals surface area contributed by atoms with Gasteiger partial charge in [0.15, 0.2) is 0 Å². The van der Waals surface area contributed by atoms with E-state index in [2.05, 4.69) is 6.92 Å². The molecule has 7 atom stereocenters. The Morgan fingerprint density at radius 2 is 1.79 bits per heavy atom. The minimum atomic E-state index is -0.312. The first-order valence-electron chi connectivity index (χ1n) is 9.55. The second-order valence-corrected chi connectivity index (χ2v) is 8.54. The van der Waals surface area contributed by atoms with Gasteiger partial charge in [-0.15, -0.1) is 0 Å². The van der Waals surface area contributed by atoms with Crippen molar-refractivity contribution in [2.75, 3.05) is 0 Å². The van der Waals surface area contributed by atoms with Crippen molar-refractivity contribution in [1.29, 1.82) is 0 Å². The van der Waals surface area contributed by atoms with E-state index < -0.39 is 0 Å². The highest BCUT2D eigenvalue weighted by Crippen LogP contribution is 2.64. The Kier molecular flexibility index (Phi) is 2.97. The minimum Gasteiger partial charge on any atom is -0.459 e. The zero-order chi connectivity index (χ0) is 16.6. The second kappa shape index (κ2) is 4.80. The molecule has 5 rings (SSSR count). The smallest absolute Gasteiger partial charge is 0.310 e. The van der Waals surface area contributed by atoms with E-state index in [-0.39, 0.29) is 64.6 Å². The zero-order valence-electron chi connectivity index (χ0n) is 14.1. The van der Waals surface area contributed by atoms with E-state index in [0.717, 1.165) is 32.1 Å². The summed E-state index contributed by atoms with van der Waals surface area (Å²) in [5.41, 5.74) is -0.300. The third-order valence-electron chi connectivity index (χ3n) is 7.75. The van der Waals surface area contributed by atoms with Gasteiger partial charge in [0, 0.05) is 23.7 Å². The second-order valence-electron chi connectivity index (χ2n) is 8.54. The molecule has 128 valence electrons. The molecule has 24 heavy (non-hydrogen) atoms. The van der Waals surface area contributed by atoms with Crippen LogP contribution in [0.15, 0.2) is 12.2 Å². The number of carbonyl (C=O) groups excluding carboxylic acids is 3. The van der Waals surface area contributed by atoms with Crippen LogP contribution in [0.4, 0.5) is 0 Å². The maximum absolute atomic E-state index is 12.9. The number of hydrogen-bond acceptors (Lipinski definition) is 4. The molecule has 0 spiro atoms. The van der Waals surface area contributed by atoms with Gasteiger partial charge in [-0.3, -0.25) is 14.4 Å². The summed E-state index contributed by atoms with van der Waals surface area (Å²) in [5.74, 6) is -0.288. The molecule has 4 fully saturated rings. The van der Waals surface area contributed by atoms with Crippen molar-refractivity contribution < 1.29 is 19.1 Å². The molecule has 7 unspecified atom stereocenters. The van der Waals surface area contributed by atoms with E-state index in [1.54, 1.807) is 0 Å². The molecule has 4 saturated carbocycles. The highest BCUT2D eigenvalue weighted by Gasteiger charge is 2.70. The van der Waals surface area contributed by atoms with Crippen LogP contribution in [0, 0.1) is 41.4 Å². The summed E-state index contributed by atoms with van der Waals surface area (Å²) in [5, 5.41) is 0. The lowest BCUT2D eigenvalue weighted by molar-refractivity contribution is -0.168. The first-order valence-corrected chi connectivity index (χ1v) is 9.55. The number of fused-ring (bicyclic) bond motifs is 9. The number of ether oxygens (including phenoxy) is 1. The highest BCUT2D eigenvalue weighted by molar-refractivity contribution is 6.01. The molecule has 0 aromatic rings. The van der Waals surface area contributed by atoms with Gasteiger partial charge >= 0.3 is 5.97 Å². The summed E-state index contributed by atoms with van der Waals surface area (Å²) in [7, 11) is 0. The number of hydrogen-bond donors (Lipinski definition) is 0. The van der Waals surface area contributed by atoms with Crippen molar-refractivity contribution in [3.63, 3.8) is 0 Å². The third-order valence-corrected chi connectivity index (χ3v) is 7.75. The lowest BCUT2D eigenvalue weighted by Gasteiger charge is -2.35. The Balaban J connectivity index is 1.40. The molecular formula is C20H24O4. The van der Waals surface area contributed by atoms with Gasteiger partial charge in [0.1, 0.15) is 17.2 Å². The van der Waals surface area contributed by atoms with Crippen LogP contribution in [0.2, 0.25) is 0 Å². The van der Waals surface area contributed by atoms with Gasteiger partial charge < -0.3 is 4.74 Å². The first kappa shape index (κ1) is 14.9. The van der Waals surface area contributed by atoms with Crippen LogP contribution in [-0.4, -0.2) is 23.1 Å². The fourth-order valence-electron chi connectivity index (χ4n) is 6.61. The molecule has 0 saturated heterocycles. The summed E-state index contributed by atoms with van der Waals surface area (Å²) in [4.78, 5) is 38.0. The third kappa shape index (κ3) is 1.67. The summed E-state index contributed by atoms with van der Waals surface area (Å²) >= 11 is 0. The number of Topliss-reactive ketones (excluding diaryl/α,β-unsaturated/α-hetero) is 2. The van der Waals surface area contributed by atoms with E-state index in [0.29, 0.717) is 6.42 Å². The van der Waals surface area contributed by atoms with E-state index >= 15 is 0 Å². The molecule has 4 heteroatoms. The summed E-state index contributed by atoms with van der Waals surface area (Å²) in [6, 6.07) is 0. The van der Waals surface area contributed by atoms with Gasteiger partial charge in [-0.2, -0.15) is 0 Å². The zero-order valence-corrected chi connectivity index (χ0v) is 14.1. The monoisotopic (exact) mass is 328 g/mol. The van der Waals surface area contributed by atoms with Gasteiger partial charge in [0.05, 0.1) is 5.92 Å². The van der Waals surface area contributed by atoms with Gasteiger partial charge in [-0.05, 0) is 50.4 Å². The average molecular weight is 328 g/mol. The molecule has 0 radical (unpaired) electrons. The van der Waals surface area contributed by atoms with E-state index in [1.165, 1.54) is 0 Å². The SMILES string of the molecule is CCC1(OC(=O)C2CC3C(=O)C2C2C4C=CC(C4=O)C32)CCCC1. The van der Waals surface area contributed by atoms with Gasteiger partial charge in [-0.25, -0.2) is 0 Å². The molecule has 4 nitrogen and oxygen atoms in total. The van der Waals surface area contributed by atoms with Crippen molar-refractivity contribution >= 4 is 17.5 Å². The van der Waals surface area contributed by atoms with Gasteiger partial charge in [0.2, 0.25) is 0 Å². The highest BCUT2D eigenvalue weighted by atomic mass is 16.6. The quantitative estimate of drug-likeness (QED) is 0.454. The summed E-state index contributed by atoms with van der Waals surface area (Å²) in [6.45, 7) is 2.08. The van der Waals surface area contributed by atoms with Crippen LogP contribution in [0.3, 0.4) is 0 Å². The lowest BCUT2D eigenvalue weighted by atomic mass is 9.69. The number of ketones is 2. The summed E-state index contributed by atoms with van der Waals surface area (Å²) < 4.78 is 5.99. The number of allylic oxidation sites excluding steroid dienone is 2. The van der Waals surface area contributed by atoms with E-state index in [4.69, 9.17) is 4.74 Å². The predicted octanol–water partition coefficient (Wildman–Crippen LogP) is 2.70. The molecule has 0 N–H and O–H groups in total. The van der Waals surface area contributed by atoms with Crippen molar-refractivity contribution in [3.05, 3.63) is 12.2 Å². The van der Waals surface area contributed by atoms with Crippen molar-refractivity contribution in [3.8, 4) is 0 Å². The Morgan fingerprint density at radius 3 is 2.46 bits per heavy atom. The Labute approximate surface area is 142 Å². The molecule has 0 aromatic heterocycles. The van der Waals surface area contributed by atoms with Gasteiger partial charge in [0.25, 0.3) is 0 Å². The molecular weight excluding hydrogens is 304 g/mol. The average Bonchev–Trinajstić information content (AvgIpc) is 3.36. The summed E-state index contributed by atoms with van der Waals surface area (Å²) in [6.07, 6.45) is 9.56. The largest absolute Gasteiger partial charge is 0.459 e. The normalized spacial score (nSPS) is 46.8. The Morgan fingerprint density at radius 1 is 1.12 bits per heavy atom. The van der Waals surface area contributed by atoms with Crippen LogP contribution in [0.25, 0.3) is 0 Å². The molecule has 0 heterocycles. The molecule has 5 aliphatic carbocycles. The maximum atomic E-state index is 12.9. The molecule has 0 aliphatic heterocycles. The number of rotatable bonds is 3. The molecule has 0 amide bonds. The van der Waals surface area contributed by atoms with Crippen molar-refractivity contribution in [1.82, 2.24) is 0 Å². The molecule has 0 aromatic carbocycles. The number of carbonyl (C=O) groups is 3.